The third-order valence-corrected chi connectivity index (χ3v) is 3.13. The van der Waals surface area contributed by atoms with E-state index in [0.717, 1.165) is 19.3 Å². The van der Waals surface area contributed by atoms with Crippen LogP contribution >= 0.6 is 0 Å². The SMILES string of the molecule is CCCC[C@H]1N[C@H](c2ccccc2)COC1=O. The fraction of sp³-hybridized carbons (Fsp3) is 0.500. The van der Waals surface area contributed by atoms with Gasteiger partial charge in [-0.05, 0) is 12.0 Å². The van der Waals surface area contributed by atoms with Crippen LogP contribution in [0, 0.1) is 0 Å². The van der Waals surface area contributed by atoms with Crippen LogP contribution in [0.15, 0.2) is 30.3 Å². The van der Waals surface area contributed by atoms with Crippen molar-refractivity contribution >= 4 is 5.97 Å². The Bertz CT molecular complexity index is 364. The van der Waals surface area contributed by atoms with E-state index in [2.05, 4.69) is 24.4 Å². The number of unbranched alkanes of at least 4 members (excludes halogenated alkanes) is 1. The Morgan fingerprint density at radius 1 is 1.35 bits per heavy atom. The summed E-state index contributed by atoms with van der Waals surface area (Å²) in [6, 6.07) is 10.1. The molecule has 1 fully saturated rings. The van der Waals surface area contributed by atoms with Gasteiger partial charge in [-0.15, -0.1) is 0 Å². The molecule has 0 bridgehead atoms. The summed E-state index contributed by atoms with van der Waals surface area (Å²) < 4.78 is 5.25. The molecule has 1 aromatic rings. The number of hydrogen-bond acceptors (Lipinski definition) is 3. The topological polar surface area (TPSA) is 38.3 Å². The van der Waals surface area contributed by atoms with Crippen LogP contribution in [0.5, 0.6) is 0 Å². The van der Waals surface area contributed by atoms with Gasteiger partial charge in [-0.3, -0.25) is 10.1 Å². The van der Waals surface area contributed by atoms with Gasteiger partial charge in [0.15, 0.2) is 0 Å². The number of rotatable bonds is 4. The maximum absolute atomic E-state index is 11.6. The lowest BCUT2D eigenvalue weighted by Gasteiger charge is -2.30. The second-order valence-electron chi connectivity index (χ2n) is 4.45. The average Bonchev–Trinajstić information content (AvgIpc) is 2.39. The molecule has 1 aliphatic rings. The van der Waals surface area contributed by atoms with Gasteiger partial charge in [0.05, 0.1) is 6.04 Å². The number of hydrogen-bond donors (Lipinski definition) is 1. The first kappa shape index (κ1) is 12.1. The molecule has 92 valence electrons. The molecule has 0 amide bonds. The number of cyclic esters (lactones) is 1. The van der Waals surface area contributed by atoms with Crippen molar-refractivity contribution in [1.29, 1.82) is 0 Å². The van der Waals surface area contributed by atoms with E-state index in [9.17, 15) is 4.79 Å². The average molecular weight is 233 g/mol. The Balaban J connectivity index is 2.00. The van der Waals surface area contributed by atoms with Gasteiger partial charge in [0, 0.05) is 0 Å². The maximum atomic E-state index is 11.6. The first-order valence-electron chi connectivity index (χ1n) is 6.29. The molecule has 0 aliphatic carbocycles. The Morgan fingerprint density at radius 2 is 2.12 bits per heavy atom. The monoisotopic (exact) mass is 233 g/mol. The Hall–Kier alpha value is -1.35. The zero-order valence-electron chi connectivity index (χ0n) is 10.2. The van der Waals surface area contributed by atoms with E-state index in [0.29, 0.717) is 6.61 Å². The van der Waals surface area contributed by atoms with E-state index < -0.39 is 0 Å². The molecule has 2 atom stereocenters. The van der Waals surface area contributed by atoms with Crippen molar-refractivity contribution in [3.63, 3.8) is 0 Å². The summed E-state index contributed by atoms with van der Waals surface area (Å²) in [5.41, 5.74) is 1.18. The van der Waals surface area contributed by atoms with E-state index in [1.165, 1.54) is 5.56 Å². The molecule has 1 N–H and O–H groups in total. The molecule has 0 saturated carbocycles. The normalized spacial score (nSPS) is 24.4. The minimum atomic E-state index is -0.145. The molecule has 1 aliphatic heterocycles. The Labute approximate surface area is 102 Å². The maximum Gasteiger partial charge on any atom is 0.323 e. The molecule has 3 nitrogen and oxygen atoms in total. The number of benzene rings is 1. The van der Waals surface area contributed by atoms with Gasteiger partial charge < -0.3 is 4.74 Å². The minimum absolute atomic E-state index is 0.106. The van der Waals surface area contributed by atoms with Crippen LogP contribution in [0.25, 0.3) is 0 Å². The summed E-state index contributed by atoms with van der Waals surface area (Å²) in [6.07, 6.45) is 3.01. The molecule has 2 rings (SSSR count). The van der Waals surface area contributed by atoms with Gasteiger partial charge in [-0.2, -0.15) is 0 Å². The van der Waals surface area contributed by atoms with E-state index in [4.69, 9.17) is 4.74 Å². The predicted molar refractivity (Wildman–Crippen MR) is 66.6 cm³/mol. The number of esters is 1. The molecule has 1 saturated heterocycles. The molecule has 0 spiro atoms. The van der Waals surface area contributed by atoms with Gasteiger partial charge in [-0.1, -0.05) is 50.1 Å². The molecule has 0 unspecified atom stereocenters. The highest BCUT2D eigenvalue weighted by Gasteiger charge is 2.29. The van der Waals surface area contributed by atoms with E-state index in [-0.39, 0.29) is 18.1 Å². The number of carbonyl (C=O) groups excluding carboxylic acids is 1. The summed E-state index contributed by atoms with van der Waals surface area (Å²) in [6.45, 7) is 2.56. The van der Waals surface area contributed by atoms with Crippen molar-refractivity contribution in [1.82, 2.24) is 5.32 Å². The van der Waals surface area contributed by atoms with Crippen molar-refractivity contribution < 1.29 is 9.53 Å². The smallest absolute Gasteiger partial charge is 0.323 e. The van der Waals surface area contributed by atoms with E-state index in [1.807, 2.05) is 18.2 Å². The summed E-state index contributed by atoms with van der Waals surface area (Å²) in [4.78, 5) is 11.6. The van der Waals surface area contributed by atoms with Crippen LogP contribution in [0.4, 0.5) is 0 Å². The van der Waals surface area contributed by atoms with Gasteiger partial charge in [0.2, 0.25) is 0 Å². The number of nitrogens with one attached hydrogen (secondary N) is 1. The predicted octanol–water partition coefficient (Wildman–Crippen LogP) is 2.43. The summed E-state index contributed by atoms with van der Waals surface area (Å²) >= 11 is 0. The van der Waals surface area contributed by atoms with Crippen LogP contribution in [-0.2, 0) is 9.53 Å². The van der Waals surface area contributed by atoms with Crippen molar-refractivity contribution in [3.05, 3.63) is 35.9 Å². The molecular weight excluding hydrogens is 214 g/mol. The van der Waals surface area contributed by atoms with Crippen LogP contribution in [0.3, 0.4) is 0 Å². The van der Waals surface area contributed by atoms with Crippen molar-refractivity contribution in [3.8, 4) is 0 Å². The Kier molecular flexibility index (Phi) is 4.15. The van der Waals surface area contributed by atoms with Crippen LogP contribution < -0.4 is 5.32 Å². The highest BCUT2D eigenvalue weighted by molar-refractivity contribution is 5.76. The molecule has 0 radical (unpaired) electrons. The number of morpholine rings is 1. The quantitative estimate of drug-likeness (QED) is 0.812. The lowest BCUT2D eigenvalue weighted by molar-refractivity contribution is -0.152. The molecule has 1 aromatic carbocycles. The van der Waals surface area contributed by atoms with Crippen LogP contribution in [-0.4, -0.2) is 18.6 Å². The number of carbonyl (C=O) groups is 1. The van der Waals surface area contributed by atoms with E-state index in [1.54, 1.807) is 0 Å². The van der Waals surface area contributed by atoms with Gasteiger partial charge in [0.1, 0.15) is 12.6 Å². The van der Waals surface area contributed by atoms with Crippen LogP contribution in [0.2, 0.25) is 0 Å². The number of ether oxygens (including phenoxy) is 1. The largest absolute Gasteiger partial charge is 0.462 e. The first-order valence-corrected chi connectivity index (χ1v) is 6.29. The van der Waals surface area contributed by atoms with Crippen molar-refractivity contribution in [2.75, 3.05) is 6.61 Å². The second-order valence-corrected chi connectivity index (χ2v) is 4.45. The third kappa shape index (κ3) is 3.07. The molecule has 1 heterocycles. The van der Waals surface area contributed by atoms with Crippen LogP contribution in [0.1, 0.15) is 37.8 Å². The van der Waals surface area contributed by atoms with Crippen molar-refractivity contribution in [2.24, 2.45) is 0 Å². The molecule has 3 heteroatoms. The fourth-order valence-electron chi connectivity index (χ4n) is 2.11. The third-order valence-electron chi connectivity index (χ3n) is 3.13. The van der Waals surface area contributed by atoms with Gasteiger partial charge in [-0.25, -0.2) is 0 Å². The van der Waals surface area contributed by atoms with Gasteiger partial charge >= 0.3 is 5.97 Å². The Morgan fingerprint density at radius 3 is 2.82 bits per heavy atom. The first-order chi connectivity index (χ1) is 8.31. The standard InChI is InChI=1S/C14H19NO2/c1-2-3-9-12-14(16)17-10-13(15-12)11-7-5-4-6-8-11/h4-8,12-13,15H,2-3,9-10H2,1H3/t12-,13+/m1/s1. The zero-order valence-corrected chi connectivity index (χ0v) is 10.2. The summed E-state index contributed by atoms with van der Waals surface area (Å²) in [7, 11) is 0. The highest BCUT2D eigenvalue weighted by atomic mass is 16.5. The lowest BCUT2D eigenvalue weighted by Crippen LogP contribution is -2.47. The second kappa shape index (κ2) is 5.82. The van der Waals surface area contributed by atoms with E-state index >= 15 is 0 Å². The van der Waals surface area contributed by atoms with Crippen molar-refractivity contribution in [2.45, 2.75) is 38.3 Å². The summed E-state index contributed by atoms with van der Waals surface area (Å²) in [5, 5.41) is 3.38. The summed E-state index contributed by atoms with van der Waals surface area (Å²) in [5.74, 6) is -0.106. The highest BCUT2D eigenvalue weighted by Crippen LogP contribution is 2.19. The lowest BCUT2D eigenvalue weighted by atomic mass is 10.0. The molecule has 17 heavy (non-hydrogen) atoms. The van der Waals surface area contributed by atoms with Gasteiger partial charge in [0.25, 0.3) is 0 Å². The minimum Gasteiger partial charge on any atom is -0.462 e. The molecule has 0 aromatic heterocycles. The zero-order chi connectivity index (χ0) is 12.1. The fourth-order valence-corrected chi connectivity index (χ4v) is 2.11. The molecular formula is C14H19NO2.